The predicted molar refractivity (Wildman–Crippen MR) is 66.5 cm³/mol. The molecule has 2 N–H and O–H groups in total. The second kappa shape index (κ2) is 4.56. The fourth-order valence-corrected chi connectivity index (χ4v) is 2.61. The Balaban J connectivity index is 1.50. The van der Waals surface area contributed by atoms with Gasteiger partial charge >= 0.3 is 0 Å². The number of hydrogen-bond acceptors (Lipinski definition) is 2. The molecule has 16 heavy (non-hydrogen) atoms. The SMILES string of the molecule is c1ccc(CC2CNC(C3CC3)CN2)cc1. The van der Waals surface area contributed by atoms with Gasteiger partial charge in [-0.1, -0.05) is 30.3 Å². The number of hydrogen-bond donors (Lipinski definition) is 2. The van der Waals surface area contributed by atoms with E-state index in [4.69, 9.17) is 0 Å². The Bertz CT molecular complexity index is 324. The summed E-state index contributed by atoms with van der Waals surface area (Å²) in [5, 5.41) is 7.37. The average molecular weight is 216 g/mol. The minimum atomic E-state index is 0.609. The molecule has 2 unspecified atom stereocenters. The van der Waals surface area contributed by atoms with E-state index in [0.717, 1.165) is 31.5 Å². The van der Waals surface area contributed by atoms with Gasteiger partial charge in [-0.2, -0.15) is 0 Å². The smallest absolute Gasteiger partial charge is 0.0233 e. The van der Waals surface area contributed by atoms with Gasteiger partial charge in [0.2, 0.25) is 0 Å². The van der Waals surface area contributed by atoms with Gasteiger partial charge in [-0.05, 0) is 30.7 Å². The van der Waals surface area contributed by atoms with Crippen LogP contribution in [0.5, 0.6) is 0 Å². The van der Waals surface area contributed by atoms with E-state index in [2.05, 4.69) is 41.0 Å². The Hall–Kier alpha value is -0.860. The van der Waals surface area contributed by atoms with Crippen molar-refractivity contribution in [3.63, 3.8) is 0 Å². The van der Waals surface area contributed by atoms with Crippen LogP contribution in [-0.2, 0) is 6.42 Å². The second-order valence-electron chi connectivity index (χ2n) is 5.15. The Kier molecular flexibility index (Phi) is 2.94. The summed E-state index contributed by atoms with van der Waals surface area (Å²) in [6, 6.07) is 12.1. The summed E-state index contributed by atoms with van der Waals surface area (Å²) in [5.41, 5.74) is 1.44. The molecule has 0 bridgehead atoms. The quantitative estimate of drug-likeness (QED) is 0.801. The topological polar surface area (TPSA) is 24.1 Å². The maximum Gasteiger partial charge on any atom is 0.0233 e. The molecular weight excluding hydrogens is 196 g/mol. The second-order valence-corrected chi connectivity index (χ2v) is 5.15. The molecule has 0 radical (unpaired) electrons. The summed E-state index contributed by atoms with van der Waals surface area (Å²) in [4.78, 5) is 0. The highest BCUT2D eigenvalue weighted by molar-refractivity contribution is 5.16. The standard InChI is InChI=1S/C14H20N2/c1-2-4-11(5-3-1)8-13-9-16-14(10-15-13)12-6-7-12/h1-5,12-16H,6-10H2. The summed E-state index contributed by atoms with van der Waals surface area (Å²) in [7, 11) is 0. The van der Waals surface area contributed by atoms with E-state index in [1.165, 1.54) is 18.4 Å². The summed E-state index contributed by atoms with van der Waals surface area (Å²) in [6.45, 7) is 2.28. The highest BCUT2D eigenvalue weighted by atomic mass is 15.1. The van der Waals surface area contributed by atoms with Crippen LogP contribution in [-0.4, -0.2) is 25.2 Å². The lowest BCUT2D eigenvalue weighted by molar-refractivity contribution is 0.322. The van der Waals surface area contributed by atoms with Gasteiger partial charge in [0.25, 0.3) is 0 Å². The first kappa shape index (κ1) is 10.3. The van der Waals surface area contributed by atoms with Crippen LogP contribution in [0, 0.1) is 5.92 Å². The Morgan fingerprint density at radius 1 is 1.00 bits per heavy atom. The van der Waals surface area contributed by atoms with Gasteiger partial charge in [-0.15, -0.1) is 0 Å². The first-order chi connectivity index (χ1) is 7.92. The van der Waals surface area contributed by atoms with Crippen LogP contribution in [0.4, 0.5) is 0 Å². The first-order valence-electron chi connectivity index (χ1n) is 6.42. The van der Waals surface area contributed by atoms with Crippen molar-refractivity contribution in [1.29, 1.82) is 0 Å². The first-order valence-corrected chi connectivity index (χ1v) is 6.42. The van der Waals surface area contributed by atoms with Crippen LogP contribution in [0.25, 0.3) is 0 Å². The maximum atomic E-state index is 3.69. The van der Waals surface area contributed by atoms with Crippen molar-refractivity contribution in [1.82, 2.24) is 10.6 Å². The molecule has 2 aliphatic rings. The lowest BCUT2D eigenvalue weighted by Crippen LogP contribution is -2.55. The maximum absolute atomic E-state index is 3.69. The summed E-state index contributed by atoms with van der Waals surface area (Å²) in [5.74, 6) is 0.963. The lowest BCUT2D eigenvalue weighted by Gasteiger charge is -2.31. The zero-order chi connectivity index (χ0) is 10.8. The minimum absolute atomic E-state index is 0.609. The van der Waals surface area contributed by atoms with Crippen LogP contribution < -0.4 is 10.6 Å². The molecule has 1 aromatic rings. The fourth-order valence-electron chi connectivity index (χ4n) is 2.61. The molecule has 1 saturated heterocycles. The lowest BCUT2D eigenvalue weighted by atomic mass is 10.0. The van der Waals surface area contributed by atoms with E-state index in [9.17, 15) is 0 Å². The van der Waals surface area contributed by atoms with Gasteiger partial charge in [0.05, 0.1) is 0 Å². The van der Waals surface area contributed by atoms with Gasteiger partial charge in [-0.25, -0.2) is 0 Å². The molecule has 1 heterocycles. The van der Waals surface area contributed by atoms with Crippen LogP contribution in [0.1, 0.15) is 18.4 Å². The van der Waals surface area contributed by atoms with E-state index in [-0.39, 0.29) is 0 Å². The Labute approximate surface area is 97.4 Å². The third-order valence-electron chi connectivity index (χ3n) is 3.77. The van der Waals surface area contributed by atoms with Crippen molar-refractivity contribution < 1.29 is 0 Å². The largest absolute Gasteiger partial charge is 0.311 e. The average Bonchev–Trinajstić information content (AvgIpc) is 3.15. The van der Waals surface area contributed by atoms with E-state index in [0.29, 0.717) is 6.04 Å². The number of rotatable bonds is 3. The summed E-state index contributed by atoms with van der Waals surface area (Å²) < 4.78 is 0. The third kappa shape index (κ3) is 2.45. The van der Waals surface area contributed by atoms with Gasteiger partial charge < -0.3 is 10.6 Å². The number of benzene rings is 1. The Morgan fingerprint density at radius 2 is 1.81 bits per heavy atom. The molecule has 2 fully saturated rings. The molecule has 2 nitrogen and oxygen atoms in total. The minimum Gasteiger partial charge on any atom is -0.311 e. The highest BCUT2D eigenvalue weighted by Crippen LogP contribution is 2.33. The molecule has 0 aromatic heterocycles. The van der Waals surface area contributed by atoms with Crippen LogP contribution >= 0.6 is 0 Å². The summed E-state index contributed by atoms with van der Waals surface area (Å²) >= 11 is 0. The van der Waals surface area contributed by atoms with Crippen LogP contribution in [0.2, 0.25) is 0 Å². The number of piperazine rings is 1. The van der Waals surface area contributed by atoms with Crippen LogP contribution in [0.3, 0.4) is 0 Å². The summed E-state index contributed by atoms with van der Waals surface area (Å²) in [6.07, 6.45) is 4.01. The normalized spacial score (nSPS) is 30.2. The van der Waals surface area contributed by atoms with Gasteiger partial charge in [0, 0.05) is 25.2 Å². The van der Waals surface area contributed by atoms with Crippen molar-refractivity contribution >= 4 is 0 Å². The van der Waals surface area contributed by atoms with E-state index in [1.54, 1.807) is 0 Å². The van der Waals surface area contributed by atoms with Crippen molar-refractivity contribution in [3.05, 3.63) is 35.9 Å². The molecule has 2 atom stereocenters. The van der Waals surface area contributed by atoms with Crippen molar-refractivity contribution in [2.45, 2.75) is 31.3 Å². The monoisotopic (exact) mass is 216 g/mol. The van der Waals surface area contributed by atoms with E-state index < -0.39 is 0 Å². The highest BCUT2D eigenvalue weighted by Gasteiger charge is 2.33. The molecule has 86 valence electrons. The zero-order valence-corrected chi connectivity index (χ0v) is 9.65. The van der Waals surface area contributed by atoms with Gasteiger partial charge in [0.15, 0.2) is 0 Å². The number of nitrogens with one attached hydrogen (secondary N) is 2. The fraction of sp³-hybridized carbons (Fsp3) is 0.571. The molecule has 1 aliphatic heterocycles. The van der Waals surface area contributed by atoms with E-state index in [1.807, 2.05) is 0 Å². The molecule has 2 heteroatoms. The Morgan fingerprint density at radius 3 is 2.44 bits per heavy atom. The molecule has 3 rings (SSSR count). The third-order valence-corrected chi connectivity index (χ3v) is 3.77. The molecular formula is C14H20N2. The van der Waals surface area contributed by atoms with E-state index >= 15 is 0 Å². The van der Waals surface area contributed by atoms with Crippen molar-refractivity contribution in [2.24, 2.45) is 5.92 Å². The molecule has 0 amide bonds. The molecule has 1 aromatic carbocycles. The van der Waals surface area contributed by atoms with Gasteiger partial charge in [-0.3, -0.25) is 0 Å². The predicted octanol–water partition coefficient (Wildman–Crippen LogP) is 1.57. The van der Waals surface area contributed by atoms with Crippen LogP contribution in [0.15, 0.2) is 30.3 Å². The molecule has 1 aliphatic carbocycles. The van der Waals surface area contributed by atoms with Crippen molar-refractivity contribution in [2.75, 3.05) is 13.1 Å². The van der Waals surface area contributed by atoms with Crippen molar-refractivity contribution in [3.8, 4) is 0 Å². The molecule has 1 saturated carbocycles. The zero-order valence-electron chi connectivity index (χ0n) is 9.65. The van der Waals surface area contributed by atoms with Gasteiger partial charge in [0.1, 0.15) is 0 Å². The molecule has 0 spiro atoms.